The Labute approximate surface area is 174 Å². The molecule has 9 nitrogen and oxygen atoms in total. The summed E-state index contributed by atoms with van der Waals surface area (Å²) in [5, 5.41) is 3.64. The van der Waals surface area contributed by atoms with Crippen LogP contribution in [-0.2, 0) is 19.6 Å². The van der Waals surface area contributed by atoms with Crippen LogP contribution in [0.1, 0.15) is 12.8 Å². The van der Waals surface area contributed by atoms with Crippen molar-refractivity contribution in [1.29, 1.82) is 0 Å². The van der Waals surface area contributed by atoms with Crippen molar-refractivity contribution >= 4 is 16.0 Å². The number of benzene rings is 2. The fourth-order valence-corrected chi connectivity index (χ4v) is 5.08. The molecule has 0 amide bonds. The van der Waals surface area contributed by atoms with Gasteiger partial charge in [0, 0.05) is 17.5 Å². The van der Waals surface area contributed by atoms with Crippen molar-refractivity contribution in [2.45, 2.75) is 29.8 Å². The minimum absolute atomic E-state index is 0.0615. The molecule has 0 spiro atoms. The summed E-state index contributed by atoms with van der Waals surface area (Å²) in [5.41, 5.74) is 10.4. The molecular formula is C20H22N4O5S. The van der Waals surface area contributed by atoms with Crippen LogP contribution in [0.4, 0.5) is 0 Å². The van der Waals surface area contributed by atoms with Gasteiger partial charge in [-0.2, -0.15) is 4.31 Å². The van der Waals surface area contributed by atoms with Crippen LogP contribution in [0.3, 0.4) is 0 Å². The Kier molecular flexibility index (Phi) is 6.61. The molecule has 2 aromatic carbocycles. The second-order valence-corrected chi connectivity index (χ2v) is 8.68. The van der Waals surface area contributed by atoms with Gasteiger partial charge in [0.1, 0.15) is 11.8 Å². The Morgan fingerprint density at radius 2 is 1.70 bits per heavy atom. The number of rotatable bonds is 6. The van der Waals surface area contributed by atoms with E-state index in [9.17, 15) is 13.2 Å². The topological polar surface area (TPSA) is 122 Å². The Bertz CT molecular complexity index is 1050. The van der Waals surface area contributed by atoms with Gasteiger partial charge in [-0.15, -0.1) is 0 Å². The summed E-state index contributed by atoms with van der Waals surface area (Å²) in [7, 11) is -1.15. The summed E-state index contributed by atoms with van der Waals surface area (Å²) in [5.74, 6) is 0.0576. The average molecular weight is 430 g/mol. The van der Waals surface area contributed by atoms with Crippen molar-refractivity contribution in [1.82, 2.24) is 4.31 Å². The predicted molar refractivity (Wildman–Crippen MR) is 110 cm³/mol. The predicted octanol–water partition coefficient (Wildman–Crippen LogP) is 3.37. The number of carbonyl (C=O) groups excluding carboxylic acids is 1. The lowest BCUT2D eigenvalue weighted by molar-refractivity contribution is -0.146. The first-order chi connectivity index (χ1) is 14.4. The van der Waals surface area contributed by atoms with Gasteiger partial charge in [0.2, 0.25) is 10.0 Å². The Hall–Kier alpha value is -3.07. The fraction of sp³-hybridized carbons (Fsp3) is 0.350. The fourth-order valence-electron chi connectivity index (χ4n) is 3.48. The third-order valence-electron chi connectivity index (χ3n) is 5.10. The molecule has 1 saturated heterocycles. The molecule has 0 aromatic heterocycles. The van der Waals surface area contributed by atoms with Crippen molar-refractivity contribution in [3.8, 4) is 16.9 Å². The van der Waals surface area contributed by atoms with Gasteiger partial charge in [-0.05, 0) is 53.8 Å². The van der Waals surface area contributed by atoms with E-state index >= 15 is 0 Å². The highest BCUT2D eigenvalue weighted by Gasteiger charge is 2.41. The number of piperidine rings is 1. The van der Waals surface area contributed by atoms with Crippen LogP contribution in [0.2, 0.25) is 0 Å². The summed E-state index contributed by atoms with van der Waals surface area (Å²) < 4.78 is 37.5. The van der Waals surface area contributed by atoms with Gasteiger partial charge < -0.3 is 9.47 Å². The molecule has 0 aliphatic carbocycles. The highest BCUT2D eigenvalue weighted by Crippen LogP contribution is 2.29. The monoisotopic (exact) mass is 430 g/mol. The maximum atomic E-state index is 13.2. The maximum Gasteiger partial charge on any atom is 0.324 e. The first-order valence-electron chi connectivity index (χ1n) is 9.29. The van der Waals surface area contributed by atoms with Gasteiger partial charge in [0.15, 0.2) is 0 Å². The average Bonchev–Trinajstić information content (AvgIpc) is 2.78. The molecule has 0 unspecified atom stereocenters. The van der Waals surface area contributed by atoms with Crippen LogP contribution in [0.15, 0.2) is 58.5 Å². The van der Waals surface area contributed by atoms with E-state index in [1.165, 1.54) is 19.2 Å². The number of azide groups is 1. The van der Waals surface area contributed by atoms with Gasteiger partial charge in [0.05, 0.1) is 19.1 Å². The van der Waals surface area contributed by atoms with Gasteiger partial charge in [0.25, 0.3) is 0 Å². The summed E-state index contributed by atoms with van der Waals surface area (Å²) in [6.07, 6.45) is 0.417. The van der Waals surface area contributed by atoms with E-state index in [1.807, 2.05) is 24.3 Å². The number of esters is 1. The Morgan fingerprint density at radius 3 is 2.23 bits per heavy atom. The van der Waals surface area contributed by atoms with Crippen molar-refractivity contribution in [3.05, 3.63) is 59.0 Å². The molecule has 1 fully saturated rings. The maximum absolute atomic E-state index is 13.2. The van der Waals surface area contributed by atoms with Crippen LogP contribution < -0.4 is 4.74 Å². The quantitative estimate of drug-likeness (QED) is 0.301. The van der Waals surface area contributed by atoms with Crippen LogP contribution in [0, 0.1) is 0 Å². The van der Waals surface area contributed by atoms with E-state index in [-0.39, 0.29) is 17.9 Å². The van der Waals surface area contributed by atoms with E-state index in [0.717, 1.165) is 21.2 Å². The number of hydrogen-bond donors (Lipinski definition) is 0. The Morgan fingerprint density at radius 1 is 1.10 bits per heavy atom. The minimum Gasteiger partial charge on any atom is -0.497 e. The SMILES string of the molecule is COC(=O)[C@H]1C[C@@H](N=[N+]=[N-])CCN1S(=O)(=O)c1ccc(-c2ccc(OC)cc2)cc1. The van der Waals surface area contributed by atoms with E-state index in [4.69, 9.17) is 15.0 Å². The summed E-state index contributed by atoms with van der Waals surface area (Å²) in [6, 6.07) is 12.4. The van der Waals surface area contributed by atoms with Crippen LogP contribution >= 0.6 is 0 Å². The molecule has 0 radical (unpaired) electrons. The Balaban J connectivity index is 1.87. The molecule has 3 rings (SSSR count). The number of nitrogens with zero attached hydrogens (tertiary/aromatic N) is 4. The molecule has 0 N–H and O–H groups in total. The zero-order valence-electron chi connectivity index (χ0n) is 16.6. The van der Waals surface area contributed by atoms with Crippen LogP contribution in [0.25, 0.3) is 21.6 Å². The summed E-state index contributed by atoms with van der Waals surface area (Å²) in [6.45, 7) is 0.0615. The normalized spacial score (nSPS) is 19.5. The molecule has 1 aliphatic heterocycles. The number of ether oxygens (including phenoxy) is 2. The van der Waals surface area contributed by atoms with E-state index < -0.39 is 28.1 Å². The molecule has 2 aromatic rings. The van der Waals surface area contributed by atoms with Crippen LogP contribution in [-0.4, -0.2) is 51.5 Å². The minimum atomic E-state index is -3.94. The smallest absolute Gasteiger partial charge is 0.324 e. The standard InChI is InChI=1S/C20H22N4O5S/c1-28-17-7-3-14(4-8-17)15-5-9-18(10-6-15)30(26,27)24-12-11-16(22-23-21)13-19(24)20(25)29-2/h3-10,16,19H,11-13H2,1-2H3/t16-,19+/m0/s1. The van der Waals surface area contributed by atoms with Crippen molar-refractivity contribution in [2.24, 2.45) is 5.11 Å². The second kappa shape index (κ2) is 9.17. The van der Waals surface area contributed by atoms with E-state index in [0.29, 0.717) is 6.42 Å². The number of sulfonamides is 1. The molecule has 1 aliphatic rings. The zero-order valence-corrected chi connectivity index (χ0v) is 17.4. The molecular weight excluding hydrogens is 408 g/mol. The van der Waals surface area contributed by atoms with E-state index in [2.05, 4.69) is 10.0 Å². The largest absolute Gasteiger partial charge is 0.497 e. The third-order valence-corrected chi connectivity index (χ3v) is 7.02. The molecule has 158 valence electrons. The first kappa shape index (κ1) is 21.6. The second-order valence-electron chi connectivity index (χ2n) is 6.79. The van der Waals surface area contributed by atoms with Gasteiger partial charge >= 0.3 is 5.97 Å². The number of hydrogen-bond acceptors (Lipinski definition) is 6. The molecule has 30 heavy (non-hydrogen) atoms. The van der Waals surface area contributed by atoms with Gasteiger partial charge in [-0.3, -0.25) is 4.79 Å². The lowest BCUT2D eigenvalue weighted by Crippen LogP contribution is -2.51. The molecule has 0 bridgehead atoms. The van der Waals surface area contributed by atoms with Crippen LogP contribution in [0.5, 0.6) is 5.75 Å². The summed E-state index contributed by atoms with van der Waals surface area (Å²) >= 11 is 0. The van der Waals surface area contributed by atoms with Gasteiger partial charge in [-0.1, -0.05) is 29.4 Å². The third kappa shape index (κ3) is 4.40. The lowest BCUT2D eigenvalue weighted by atomic mass is 10.0. The summed E-state index contributed by atoms with van der Waals surface area (Å²) in [4.78, 5) is 15.1. The first-order valence-corrected chi connectivity index (χ1v) is 10.7. The molecule has 10 heteroatoms. The van der Waals surface area contributed by atoms with Crippen molar-refractivity contribution < 1.29 is 22.7 Å². The zero-order chi connectivity index (χ0) is 21.7. The van der Waals surface area contributed by atoms with Gasteiger partial charge in [-0.25, -0.2) is 8.42 Å². The molecule has 1 heterocycles. The van der Waals surface area contributed by atoms with E-state index in [1.54, 1.807) is 19.2 Å². The number of methoxy groups -OCH3 is 2. The van der Waals surface area contributed by atoms with Crippen molar-refractivity contribution in [2.75, 3.05) is 20.8 Å². The highest BCUT2D eigenvalue weighted by atomic mass is 32.2. The molecule has 0 saturated carbocycles. The van der Waals surface area contributed by atoms with Crippen molar-refractivity contribution in [3.63, 3.8) is 0 Å². The molecule has 2 atom stereocenters. The number of carbonyl (C=O) groups is 1. The highest BCUT2D eigenvalue weighted by molar-refractivity contribution is 7.89. The lowest BCUT2D eigenvalue weighted by Gasteiger charge is -2.35.